The molecule has 0 atom stereocenters. The fraction of sp³-hybridized carbons (Fsp3) is 0.211. The Balaban J connectivity index is 1.43. The van der Waals surface area contributed by atoms with Crippen LogP contribution in [-0.4, -0.2) is 16.0 Å². The molecule has 2 aromatic carbocycles. The third kappa shape index (κ3) is 3.03. The Labute approximate surface area is 143 Å². The van der Waals surface area contributed by atoms with Crippen LogP contribution in [0.2, 0.25) is 0 Å². The molecule has 1 saturated carbocycles. The van der Waals surface area contributed by atoms with E-state index in [1.54, 1.807) is 12.1 Å². The van der Waals surface area contributed by atoms with Gasteiger partial charge in [-0.1, -0.05) is 47.6 Å². The molecular formula is C19H16FN3O2. The van der Waals surface area contributed by atoms with Gasteiger partial charge in [0.1, 0.15) is 5.82 Å². The van der Waals surface area contributed by atoms with Gasteiger partial charge in [-0.05, 0) is 30.5 Å². The fourth-order valence-electron chi connectivity index (χ4n) is 2.90. The van der Waals surface area contributed by atoms with E-state index < -0.39 is 5.41 Å². The van der Waals surface area contributed by atoms with Crippen LogP contribution in [0, 0.1) is 5.82 Å². The molecule has 1 aromatic heterocycles. The van der Waals surface area contributed by atoms with E-state index in [1.807, 2.05) is 30.3 Å². The van der Waals surface area contributed by atoms with E-state index >= 15 is 0 Å². The second-order valence-electron chi connectivity index (χ2n) is 6.15. The minimum absolute atomic E-state index is 0.0985. The van der Waals surface area contributed by atoms with Crippen LogP contribution in [0.15, 0.2) is 59.1 Å². The third-order valence-corrected chi connectivity index (χ3v) is 4.48. The molecule has 1 aliphatic rings. The first kappa shape index (κ1) is 15.5. The Morgan fingerprint density at radius 2 is 1.84 bits per heavy atom. The highest BCUT2D eigenvalue weighted by Crippen LogP contribution is 2.48. The van der Waals surface area contributed by atoms with E-state index in [9.17, 15) is 9.18 Å². The van der Waals surface area contributed by atoms with Gasteiger partial charge in [0.05, 0.1) is 12.0 Å². The lowest BCUT2D eigenvalue weighted by Gasteiger charge is -2.14. The summed E-state index contributed by atoms with van der Waals surface area (Å²) in [6.45, 7) is 0.168. The third-order valence-electron chi connectivity index (χ3n) is 4.48. The van der Waals surface area contributed by atoms with Crippen molar-refractivity contribution in [2.75, 3.05) is 0 Å². The summed E-state index contributed by atoms with van der Waals surface area (Å²) in [6.07, 6.45) is 1.51. The average Bonchev–Trinajstić information content (AvgIpc) is 3.32. The van der Waals surface area contributed by atoms with Crippen molar-refractivity contribution in [3.05, 3.63) is 71.9 Å². The van der Waals surface area contributed by atoms with E-state index in [2.05, 4.69) is 15.5 Å². The summed E-state index contributed by atoms with van der Waals surface area (Å²) in [5, 5.41) is 6.78. The maximum absolute atomic E-state index is 13.1. The maximum Gasteiger partial charge on any atom is 0.246 e. The summed E-state index contributed by atoms with van der Waals surface area (Å²) < 4.78 is 18.3. The predicted octanol–water partition coefficient (Wildman–Crippen LogP) is 3.22. The van der Waals surface area contributed by atoms with Crippen molar-refractivity contribution in [1.82, 2.24) is 15.5 Å². The summed E-state index contributed by atoms with van der Waals surface area (Å²) in [7, 11) is 0. The number of nitrogens with one attached hydrogen (secondary N) is 1. The Bertz CT molecular complexity index is 887. The number of benzene rings is 2. The normalized spacial score (nSPS) is 14.9. The average molecular weight is 337 g/mol. The molecule has 1 amide bonds. The summed E-state index contributed by atoms with van der Waals surface area (Å²) in [6, 6.07) is 15.6. The molecule has 1 heterocycles. The minimum Gasteiger partial charge on any atom is -0.346 e. The Morgan fingerprint density at radius 3 is 2.52 bits per heavy atom. The lowest BCUT2D eigenvalue weighted by Crippen LogP contribution is -2.34. The van der Waals surface area contributed by atoms with Crippen LogP contribution in [0.1, 0.15) is 24.3 Å². The number of nitrogens with zero attached hydrogens (tertiary/aromatic N) is 2. The first-order chi connectivity index (χ1) is 12.2. The lowest BCUT2D eigenvalue weighted by molar-refractivity contribution is -0.123. The highest BCUT2D eigenvalue weighted by Gasteiger charge is 2.51. The molecule has 3 aromatic rings. The van der Waals surface area contributed by atoms with E-state index in [0.717, 1.165) is 24.0 Å². The zero-order chi connectivity index (χ0) is 17.3. The Hall–Kier alpha value is -3.02. The van der Waals surface area contributed by atoms with Gasteiger partial charge in [-0.15, -0.1) is 0 Å². The monoisotopic (exact) mass is 337 g/mol. The largest absolute Gasteiger partial charge is 0.346 e. The van der Waals surface area contributed by atoms with E-state index in [0.29, 0.717) is 11.7 Å². The van der Waals surface area contributed by atoms with Gasteiger partial charge in [0.15, 0.2) is 0 Å². The molecule has 1 aliphatic carbocycles. The van der Waals surface area contributed by atoms with Crippen molar-refractivity contribution >= 4 is 5.91 Å². The second-order valence-corrected chi connectivity index (χ2v) is 6.15. The fourth-order valence-corrected chi connectivity index (χ4v) is 2.90. The van der Waals surface area contributed by atoms with Crippen LogP contribution >= 0.6 is 0 Å². The highest BCUT2D eigenvalue weighted by atomic mass is 19.1. The minimum atomic E-state index is -0.560. The van der Waals surface area contributed by atoms with E-state index in [4.69, 9.17) is 4.52 Å². The molecule has 4 rings (SSSR count). The van der Waals surface area contributed by atoms with Crippen molar-refractivity contribution in [1.29, 1.82) is 0 Å². The van der Waals surface area contributed by atoms with Crippen LogP contribution in [0.4, 0.5) is 4.39 Å². The summed E-state index contributed by atoms with van der Waals surface area (Å²) in [5.41, 5.74) is 1.13. The van der Waals surface area contributed by atoms with Crippen molar-refractivity contribution in [2.45, 2.75) is 24.8 Å². The molecule has 0 radical (unpaired) electrons. The molecule has 126 valence electrons. The van der Waals surface area contributed by atoms with Crippen LogP contribution in [0.25, 0.3) is 11.4 Å². The Morgan fingerprint density at radius 1 is 1.12 bits per heavy atom. The molecule has 0 spiro atoms. The highest BCUT2D eigenvalue weighted by molar-refractivity contribution is 5.91. The number of aromatic nitrogens is 2. The summed E-state index contributed by atoms with van der Waals surface area (Å²) >= 11 is 0. The van der Waals surface area contributed by atoms with Crippen molar-refractivity contribution in [2.24, 2.45) is 0 Å². The number of hydrogen-bond donors (Lipinski definition) is 1. The lowest BCUT2D eigenvalue weighted by atomic mass is 9.95. The van der Waals surface area contributed by atoms with Gasteiger partial charge in [-0.25, -0.2) is 4.39 Å². The van der Waals surface area contributed by atoms with Crippen molar-refractivity contribution in [3.63, 3.8) is 0 Å². The van der Waals surface area contributed by atoms with Gasteiger partial charge in [0.2, 0.25) is 17.6 Å². The van der Waals surface area contributed by atoms with Gasteiger partial charge in [-0.2, -0.15) is 4.98 Å². The van der Waals surface area contributed by atoms with Crippen LogP contribution < -0.4 is 5.32 Å². The first-order valence-electron chi connectivity index (χ1n) is 8.10. The van der Waals surface area contributed by atoms with Gasteiger partial charge < -0.3 is 9.84 Å². The molecular weight excluding hydrogens is 321 g/mol. The molecule has 0 bridgehead atoms. The number of carbonyl (C=O) groups is 1. The van der Waals surface area contributed by atoms with Crippen LogP contribution in [0.3, 0.4) is 0 Å². The zero-order valence-corrected chi connectivity index (χ0v) is 13.4. The summed E-state index contributed by atoms with van der Waals surface area (Å²) in [4.78, 5) is 16.9. The van der Waals surface area contributed by atoms with Crippen LogP contribution in [0.5, 0.6) is 0 Å². The molecule has 1 fully saturated rings. The maximum atomic E-state index is 13.1. The predicted molar refractivity (Wildman–Crippen MR) is 88.9 cm³/mol. The number of carbonyl (C=O) groups excluding carboxylic acids is 1. The number of halogens is 1. The molecule has 0 aliphatic heterocycles. The summed E-state index contributed by atoms with van der Waals surface area (Å²) in [5.74, 6) is 0.435. The molecule has 1 N–H and O–H groups in total. The van der Waals surface area contributed by atoms with Crippen molar-refractivity contribution < 1.29 is 13.7 Å². The second kappa shape index (κ2) is 6.12. The van der Waals surface area contributed by atoms with Gasteiger partial charge >= 0.3 is 0 Å². The van der Waals surface area contributed by atoms with E-state index in [1.165, 1.54) is 12.1 Å². The molecule has 25 heavy (non-hydrogen) atoms. The SMILES string of the molecule is O=C(NCc1nc(-c2ccccc2)no1)C1(c2ccc(F)cc2)CC1. The first-order valence-corrected chi connectivity index (χ1v) is 8.10. The van der Waals surface area contributed by atoms with Gasteiger partial charge in [0.25, 0.3) is 0 Å². The molecule has 5 nitrogen and oxygen atoms in total. The van der Waals surface area contributed by atoms with Gasteiger partial charge in [0, 0.05) is 5.56 Å². The van der Waals surface area contributed by atoms with Crippen LogP contribution in [-0.2, 0) is 16.8 Å². The van der Waals surface area contributed by atoms with Gasteiger partial charge in [-0.3, -0.25) is 4.79 Å². The Kier molecular flexibility index (Phi) is 3.80. The smallest absolute Gasteiger partial charge is 0.246 e. The number of hydrogen-bond acceptors (Lipinski definition) is 4. The standard InChI is InChI=1S/C19H16FN3O2/c20-15-8-6-14(7-9-15)19(10-11-19)18(24)21-12-16-22-17(23-25-16)13-4-2-1-3-5-13/h1-9H,10-12H2,(H,21,24). The molecule has 6 heteroatoms. The number of rotatable bonds is 5. The van der Waals surface area contributed by atoms with Crippen molar-refractivity contribution in [3.8, 4) is 11.4 Å². The van der Waals surface area contributed by atoms with E-state index in [-0.39, 0.29) is 18.3 Å². The number of amides is 1. The zero-order valence-electron chi connectivity index (χ0n) is 13.4. The molecule has 0 saturated heterocycles. The topological polar surface area (TPSA) is 68.0 Å². The quantitative estimate of drug-likeness (QED) is 0.776. The molecule has 0 unspecified atom stereocenters.